The van der Waals surface area contributed by atoms with Crippen molar-refractivity contribution in [2.75, 3.05) is 62.2 Å². The summed E-state index contributed by atoms with van der Waals surface area (Å²) in [5.41, 5.74) is -1.60. The number of nitro benzene ring substituents is 2. The third-order valence-electron chi connectivity index (χ3n) is 16.3. The molecule has 2 aromatic heterocycles. The fourth-order valence-electron chi connectivity index (χ4n) is 11.4. The van der Waals surface area contributed by atoms with Gasteiger partial charge < -0.3 is 29.5 Å². The van der Waals surface area contributed by atoms with Crippen molar-refractivity contribution in [3.63, 3.8) is 0 Å². The molecule has 2 saturated heterocycles. The monoisotopic (exact) mass is 1330 g/mol. The fraction of sp³-hybridized carbons (Fsp3) is 0.429. The fourth-order valence-corrected chi connectivity index (χ4v) is 11.9. The molecule has 4 heterocycles. The molecule has 4 fully saturated rings. The maximum absolute atomic E-state index is 13.4. The van der Waals surface area contributed by atoms with E-state index < -0.39 is 68.2 Å². The van der Waals surface area contributed by atoms with E-state index in [-0.39, 0.29) is 24.0 Å². The van der Waals surface area contributed by atoms with Crippen molar-refractivity contribution >= 4 is 63.0 Å². The van der Waals surface area contributed by atoms with Crippen LogP contribution in [0.25, 0.3) is 0 Å². The number of hydrogen-bond acceptors (Lipinski definition) is 14. The molecule has 10 rings (SSSR count). The van der Waals surface area contributed by atoms with E-state index in [1.54, 1.807) is 12.4 Å². The Bertz CT molecular complexity index is 3510. The molecular weight excluding hydrogens is 1270 g/mol. The van der Waals surface area contributed by atoms with Gasteiger partial charge in [-0.15, -0.1) is 0 Å². The maximum atomic E-state index is 13.4. The van der Waals surface area contributed by atoms with E-state index in [9.17, 15) is 72.9 Å². The number of ether oxygens (including phenoxy) is 2. The number of aliphatic imine (C=N–C) groups is 1. The van der Waals surface area contributed by atoms with Gasteiger partial charge >= 0.3 is 24.7 Å². The van der Waals surface area contributed by atoms with E-state index >= 15 is 0 Å². The molecule has 0 radical (unpaired) electrons. The molecule has 92 heavy (non-hydrogen) atoms. The second kappa shape index (κ2) is 31.1. The van der Waals surface area contributed by atoms with Crippen LogP contribution in [-0.2, 0) is 44.0 Å². The van der Waals surface area contributed by atoms with Crippen LogP contribution in [0.15, 0.2) is 127 Å². The third kappa shape index (κ3) is 20.2. The first-order chi connectivity index (χ1) is 43.6. The highest BCUT2D eigenvalue weighted by Gasteiger charge is 2.40. The first-order valence-corrected chi connectivity index (χ1v) is 30.3. The number of rotatable bonds is 15. The van der Waals surface area contributed by atoms with E-state index in [0.717, 1.165) is 130 Å². The Morgan fingerprint density at radius 1 is 0.543 bits per heavy atom. The lowest BCUT2D eigenvalue weighted by molar-refractivity contribution is -0.388. The molecule has 6 aromatic rings. The van der Waals surface area contributed by atoms with Gasteiger partial charge in [-0.3, -0.25) is 20.2 Å². The smallest absolute Gasteiger partial charge is 0.423 e. The minimum Gasteiger partial charge on any atom is -0.474 e. The molecule has 1 N–H and O–H groups in total. The predicted octanol–water partition coefficient (Wildman–Crippen LogP) is 15.9. The van der Waals surface area contributed by atoms with Crippen LogP contribution < -0.4 is 24.6 Å². The number of alkyl halides is 12. The van der Waals surface area contributed by atoms with E-state index in [1.165, 1.54) is 36.4 Å². The zero-order valence-corrected chi connectivity index (χ0v) is 50.8. The molecule has 0 atom stereocenters. The molecule has 0 unspecified atom stereocenters. The van der Waals surface area contributed by atoms with Gasteiger partial charge in [0, 0.05) is 107 Å². The van der Waals surface area contributed by atoms with Crippen molar-refractivity contribution in [3.8, 4) is 11.8 Å². The number of aromatic nitrogens is 2. The predicted molar refractivity (Wildman–Crippen MR) is 328 cm³/mol. The lowest BCUT2D eigenvalue weighted by Crippen LogP contribution is -2.48. The highest BCUT2D eigenvalue weighted by Crippen LogP contribution is 2.41. The Hall–Kier alpha value is -8.01. The lowest BCUT2D eigenvalue weighted by Gasteiger charge is -2.37. The Kier molecular flexibility index (Phi) is 23.6. The van der Waals surface area contributed by atoms with Gasteiger partial charge in [-0.2, -0.15) is 57.7 Å². The minimum atomic E-state index is -4.80. The lowest BCUT2D eigenvalue weighted by atomic mass is 9.83. The number of nitro groups is 2. The van der Waals surface area contributed by atoms with Crippen molar-refractivity contribution in [3.05, 3.63) is 181 Å². The van der Waals surface area contributed by atoms with Crippen LogP contribution in [-0.4, -0.2) is 99.4 Å². The average molecular weight is 1330 g/mol. The van der Waals surface area contributed by atoms with Crippen molar-refractivity contribution < 1.29 is 72.0 Å². The Labute approximate surface area is 532 Å². The van der Waals surface area contributed by atoms with Crippen molar-refractivity contribution in [2.45, 2.75) is 108 Å². The highest BCUT2D eigenvalue weighted by molar-refractivity contribution is 7.80. The van der Waals surface area contributed by atoms with Gasteiger partial charge in [0.2, 0.25) is 11.8 Å². The molecule has 15 nitrogen and oxygen atoms in total. The highest BCUT2D eigenvalue weighted by atomic mass is 32.1. The van der Waals surface area contributed by atoms with Crippen LogP contribution in [0.5, 0.6) is 11.8 Å². The van der Waals surface area contributed by atoms with Crippen molar-refractivity contribution in [1.29, 1.82) is 0 Å². The zero-order chi connectivity index (χ0) is 66.4. The molecule has 2 aliphatic carbocycles. The Balaban J connectivity index is 0.000000205. The molecule has 4 aliphatic rings. The van der Waals surface area contributed by atoms with Gasteiger partial charge in [0.15, 0.2) is 0 Å². The summed E-state index contributed by atoms with van der Waals surface area (Å²) in [6.07, 6.45) is -7.44. The molecule has 492 valence electrons. The standard InChI is InChI=1S/C32H32F6N4O3S.C23H27F3N4O3.C8H4F3NS/c33-31(34,35)24-6-1-22(2-7-24)19-30(46)41-15-13-40(14-16-41)25-11-12-39-29(20-25)45-26-8-3-21(4-9-26)17-23-5-10-28(42(43)44)27(18-23)32(36,37)38;24-23(25,26)20-14-17(3-6-21(20)30(31)32)13-16-1-4-19(5-2-16)33-22-15-18(7-8-28-22)29-11-9-27-10-12-29;9-8(10,11)6-1-3-7(4-2-6)12-5-13/h1-2,5-7,10-12,18,20-21,26H,3-4,8-9,13-17,19H2;3,6-8,14-16,19,27H,1-2,4-5,9-13H2;1-4H. The van der Waals surface area contributed by atoms with Crippen LogP contribution in [0.2, 0.25) is 0 Å². The molecule has 0 spiro atoms. The van der Waals surface area contributed by atoms with E-state index in [0.29, 0.717) is 91.8 Å². The van der Waals surface area contributed by atoms with Gasteiger partial charge in [0.05, 0.1) is 36.8 Å². The number of pyridine rings is 2. The summed E-state index contributed by atoms with van der Waals surface area (Å²) in [5, 5.41) is 27.4. The molecule has 2 aliphatic heterocycles. The van der Waals surface area contributed by atoms with Gasteiger partial charge in [-0.1, -0.05) is 36.5 Å². The number of halogens is 12. The Morgan fingerprint density at radius 2 is 0.946 bits per heavy atom. The number of hydrogen-bond donors (Lipinski definition) is 1. The van der Waals surface area contributed by atoms with Crippen molar-refractivity contribution in [1.82, 2.24) is 20.2 Å². The first-order valence-electron chi connectivity index (χ1n) is 29.4. The second-order valence-corrected chi connectivity index (χ2v) is 23.2. The number of isothiocyanates is 1. The molecule has 2 saturated carbocycles. The molecular formula is C63H63F12N9O6S2. The van der Waals surface area contributed by atoms with Gasteiger partial charge in [-0.25, -0.2) is 9.97 Å². The summed E-state index contributed by atoms with van der Waals surface area (Å²) < 4.78 is 167. The normalized spacial score (nSPS) is 18.8. The number of anilines is 2. The summed E-state index contributed by atoms with van der Waals surface area (Å²) in [5.74, 6) is 1.45. The quantitative estimate of drug-likeness (QED) is 0.0339. The maximum Gasteiger partial charge on any atom is 0.423 e. The zero-order valence-electron chi connectivity index (χ0n) is 49.2. The molecule has 0 amide bonds. The summed E-state index contributed by atoms with van der Waals surface area (Å²) in [4.78, 5) is 39.5. The molecule has 0 bridgehead atoms. The topological polar surface area (TPSA) is 165 Å². The van der Waals surface area contributed by atoms with Crippen LogP contribution in [0.4, 0.5) is 81.1 Å². The molecule has 4 aromatic carbocycles. The summed E-state index contributed by atoms with van der Waals surface area (Å²) >= 11 is 9.90. The van der Waals surface area contributed by atoms with E-state index in [2.05, 4.69) is 52.4 Å². The number of nitrogens with one attached hydrogen (secondary N) is 1. The number of benzene rings is 4. The summed E-state index contributed by atoms with van der Waals surface area (Å²) in [6.45, 7) is 6.49. The Morgan fingerprint density at radius 3 is 1.34 bits per heavy atom. The van der Waals surface area contributed by atoms with Crippen LogP contribution in [0.3, 0.4) is 0 Å². The average Bonchev–Trinajstić information content (AvgIpc) is 0.861. The van der Waals surface area contributed by atoms with Crippen LogP contribution in [0, 0.1) is 32.1 Å². The largest absolute Gasteiger partial charge is 0.474 e. The summed E-state index contributed by atoms with van der Waals surface area (Å²) in [6, 6.07) is 23.7. The second-order valence-electron chi connectivity index (χ2n) is 22.6. The van der Waals surface area contributed by atoms with Gasteiger partial charge in [-0.05, 0) is 166 Å². The first kappa shape index (κ1) is 69.9. The SMILES string of the molecule is FC(F)(F)c1ccc(N=C=S)cc1.O=[N+]([O-])c1ccc(CC2CCC(Oc3cc(N4CCN(C(=S)Cc5ccc(C(F)(F)F)cc5)CC4)ccn3)CC2)cc1C(F)(F)F.O=[N+]([O-])c1ccc(CC2CCC(Oc3cc(N4CCNCC4)ccn3)CC2)cc1C(F)(F)F. The minimum absolute atomic E-state index is 0.0228. The van der Waals surface area contributed by atoms with Gasteiger partial charge in [0.1, 0.15) is 23.3 Å². The van der Waals surface area contributed by atoms with Crippen LogP contribution >= 0.6 is 24.4 Å². The number of thiocarbonyl (C=S) groups is 2. The van der Waals surface area contributed by atoms with Crippen LogP contribution in [0.1, 0.15) is 90.3 Å². The number of piperazine rings is 2. The molecule has 29 heteroatoms. The van der Waals surface area contributed by atoms with E-state index in [4.69, 9.17) is 21.7 Å². The van der Waals surface area contributed by atoms with Gasteiger partial charge in [0.25, 0.3) is 11.4 Å². The summed E-state index contributed by atoms with van der Waals surface area (Å²) in [7, 11) is 0. The third-order valence-corrected chi connectivity index (χ3v) is 16.8. The van der Waals surface area contributed by atoms with Crippen molar-refractivity contribution in [2.24, 2.45) is 16.8 Å². The number of nitrogens with zero attached hydrogens (tertiary/aromatic N) is 8. The van der Waals surface area contributed by atoms with E-state index in [1.807, 2.05) is 24.3 Å².